The minimum absolute atomic E-state index is 0.293. The maximum absolute atomic E-state index is 5.63. The van der Waals surface area contributed by atoms with Crippen LogP contribution in [0.25, 0.3) is 0 Å². The van der Waals surface area contributed by atoms with Crippen molar-refractivity contribution in [1.29, 1.82) is 0 Å². The Morgan fingerprint density at radius 3 is 2.42 bits per heavy atom. The number of benzene rings is 2. The summed E-state index contributed by atoms with van der Waals surface area (Å²) in [4.78, 5) is 0. The van der Waals surface area contributed by atoms with Gasteiger partial charge in [-0.1, -0.05) is 43.3 Å². The molecule has 0 fully saturated rings. The van der Waals surface area contributed by atoms with Gasteiger partial charge in [-0.05, 0) is 35.2 Å². The van der Waals surface area contributed by atoms with Crippen molar-refractivity contribution in [2.75, 3.05) is 7.11 Å². The highest BCUT2D eigenvalue weighted by atomic mass is 16.5. The zero-order chi connectivity index (χ0) is 13.7. The summed E-state index contributed by atoms with van der Waals surface area (Å²) in [6.45, 7) is 4.65. The summed E-state index contributed by atoms with van der Waals surface area (Å²) in [7, 11) is 1.69. The van der Waals surface area contributed by atoms with Crippen LogP contribution in [-0.2, 0) is 6.54 Å². The Labute approximate surface area is 115 Å². The van der Waals surface area contributed by atoms with E-state index < -0.39 is 0 Å². The maximum Gasteiger partial charge on any atom is 0.119 e. The molecule has 0 heterocycles. The van der Waals surface area contributed by atoms with Gasteiger partial charge < -0.3 is 10.5 Å². The molecule has 19 heavy (non-hydrogen) atoms. The standard InChI is InChI=1S/C17H20NO/c1-3-17(14-9-7-13(12-18)8-10-14)15-5-4-6-16(11-15)19-2/h4-11,17H,1,3,12,18H2,2H3. The minimum Gasteiger partial charge on any atom is -0.497 e. The summed E-state index contributed by atoms with van der Waals surface area (Å²) < 4.78 is 5.28. The lowest BCUT2D eigenvalue weighted by molar-refractivity contribution is 0.414. The minimum atomic E-state index is 0.293. The number of rotatable bonds is 5. The van der Waals surface area contributed by atoms with Crippen molar-refractivity contribution in [1.82, 2.24) is 0 Å². The summed E-state index contributed by atoms with van der Waals surface area (Å²) in [5.74, 6) is 1.18. The molecule has 0 amide bonds. The van der Waals surface area contributed by atoms with Crippen molar-refractivity contribution in [3.8, 4) is 5.75 Å². The first-order valence-electron chi connectivity index (χ1n) is 6.50. The Morgan fingerprint density at radius 1 is 1.11 bits per heavy atom. The van der Waals surface area contributed by atoms with Gasteiger partial charge in [0, 0.05) is 12.5 Å². The molecular weight excluding hydrogens is 234 g/mol. The van der Waals surface area contributed by atoms with Crippen LogP contribution in [0.15, 0.2) is 48.5 Å². The highest BCUT2D eigenvalue weighted by molar-refractivity contribution is 5.38. The third-order valence-corrected chi connectivity index (χ3v) is 3.40. The monoisotopic (exact) mass is 254 g/mol. The normalized spacial score (nSPS) is 12.2. The van der Waals surface area contributed by atoms with Crippen molar-refractivity contribution < 1.29 is 4.74 Å². The Balaban J connectivity index is 2.31. The Morgan fingerprint density at radius 2 is 1.84 bits per heavy atom. The number of ether oxygens (including phenoxy) is 1. The molecule has 0 aromatic heterocycles. The molecule has 2 N–H and O–H groups in total. The highest BCUT2D eigenvalue weighted by Gasteiger charge is 2.12. The van der Waals surface area contributed by atoms with Crippen molar-refractivity contribution in [3.63, 3.8) is 0 Å². The first kappa shape index (κ1) is 13.6. The average Bonchev–Trinajstić information content (AvgIpc) is 2.49. The fraction of sp³-hybridized carbons (Fsp3) is 0.235. The van der Waals surface area contributed by atoms with Crippen LogP contribution in [0.1, 0.15) is 29.0 Å². The van der Waals surface area contributed by atoms with Crippen LogP contribution in [0.3, 0.4) is 0 Å². The van der Waals surface area contributed by atoms with Gasteiger partial charge in [0.2, 0.25) is 0 Å². The van der Waals surface area contributed by atoms with Gasteiger partial charge in [0.05, 0.1) is 7.11 Å². The third kappa shape index (κ3) is 3.15. The van der Waals surface area contributed by atoms with Gasteiger partial charge in [-0.15, -0.1) is 0 Å². The topological polar surface area (TPSA) is 35.2 Å². The van der Waals surface area contributed by atoms with Crippen LogP contribution in [-0.4, -0.2) is 7.11 Å². The van der Waals surface area contributed by atoms with E-state index in [2.05, 4.69) is 43.3 Å². The highest BCUT2D eigenvalue weighted by Crippen LogP contribution is 2.29. The van der Waals surface area contributed by atoms with E-state index in [4.69, 9.17) is 10.5 Å². The quantitative estimate of drug-likeness (QED) is 0.886. The third-order valence-electron chi connectivity index (χ3n) is 3.40. The van der Waals surface area contributed by atoms with Crippen LogP contribution in [0, 0.1) is 6.92 Å². The van der Waals surface area contributed by atoms with Gasteiger partial charge in [0.15, 0.2) is 0 Å². The van der Waals surface area contributed by atoms with Crippen molar-refractivity contribution >= 4 is 0 Å². The first-order chi connectivity index (χ1) is 9.28. The molecular formula is C17H20NO. The summed E-state index contributed by atoms with van der Waals surface area (Å²) in [5.41, 5.74) is 9.27. The van der Waals surface area contributed by atoms with E-state index in [1.54, 1.807) is 7.11 Å². The molecule has 2 heteroatoms. The van der Waals surface area contributed by atoms with Crippen LogP contribution in [0.5, 0.6) is 5.75 Å². The predicted octanol–water partition coefficient (Wildman–Crippen LogP) is 3.51. The fourth-order valence-electron chi connectivity index (χ4n) is 2.27. The lowest BCUT2D eigenvalue weighted by Crippen LogP contribution is -2.02. The van der Waals surface area contributed by atoms with E-state index in [1.165, 1.54) is 11.1 Å². The number of nitrogens with two attached hydrogens (primary N) is 1. The lowest BCUT2D eigenvalue weighted by atomic mass is 9.88. The zero-order valence-corrected chi connectivity index (χ0v) is 11.3. The Hall–Kier alpha value is -1.80. The fourth-order valence-corrected chi connectivity index (χ4v) is 2.27. The second-order valence-corrected chi connectivity index (χ2v) is 4.56. The van der Waals surface area contributed by atoms with E-state index in [-0.39, 0.29) is 0 Å². The van der Waals surface area contributed by atoms with Gasteiger partial charge in [0.25, 0.3) is 0 Å². The van der Waals surface area contributed by atoms with Crippen molar-refractivity contribution in [3.05, 3.63) is 72.1 Å². The molecule has 0 saturated heterocycles. The Kier molecular flexibility index (Phi) is 4.58. The van der Waals surface area contributed by atoms with Gasteiger partial charge in [-0.25, -0.2) is 0 Å². The molecule has 2 aromatic carbocycles. The summed E-state index contributed by atoms with van der Waals surface area (Å²) >= 11 is 0. The molecule has 2 nitrogen and oxygen atoms in total. The predicted molar refractivity (Wildman–Crippen MR) is 79.1 cm³/mol. The molecule has 2 rings (SSSR count). The number of hydrogen-bond donors (Lipinski definition) is 1. The number of methoxy groups -OCH3 is 1. The molecule has 0 aliphatic heterocycles. The molecule has 0 saturated carbocycles. The molecule has 2 aromatic rings. The molecule has 0 spiro atoms. The summed E-state index contributed by atoms with van der Waals surface area (Å²) in [6.07, 6.45) is 0.815. The second kappa shape index (κ2) is 6.39. The second-order valence-electron chi connectivity index (χ2n) is 4.56. The van der Waals surface area contributed by atoms with Crippen LogP contribution in [0.4, 0.5) is 0 Å². The summed E-state index contributed by atoms with van der Waals surface area (Å²) in [6, 6.07) is 16.6. The van der Waals surface area contributed by atoms with Gasteiger partial charge in [-0.2, -0.15) is 0 Å². The van der Waals surface area contributed by atoms with E-state index in [0.29, 0.717) is 12.5 Å². The molecule has 1 unspecified atom stereocenters. The first-order valence-corrected chi connectivity index (χ1v) is 6.50. The molecule has 0 aliphatic carbocycles. The molecule has 0 aliphatic rings. The van der Waals surface area contributed by atoms with Crippen LogP contribution in [0.2, 0.25) is 0 Å². The Bertz CT molecular complexity index is 519. The average molecular weight is 254 g/mol. The molecule has 1 atom stereocenters. The van der Waals surface area contributed by atoms with Gasteiger partial charge >= 0.3 is 0 Å². The van der Waals surface area contributed by atoms with Crippen LogP contribution >= 0.6 is 0 Å². The van der Waals surface area contributed by atoms with Crippen molar-refractivity contribution in [2.24, 2.45) is 5.73 Å². The van der Waals surface area contributed by atoms with E-state index in [0.717, 1.165) is 17.7 Å². The smallest absolute Gasteiger partial charge is 0.119 e. The number of hydrogen-bond acceptors (Lipinski definition) is 2. The molecule has 0 bridgehead atoms. The zero-order valence-electron chi connectivity index (χ0n) is 11.3. The molecule has 1 radical (unpaired) electrons. The SMILES string of the molecule is [CH2]CC(c1ccc(CN)cc1)c1cccc(OC)c1. The lowest BCUT2D eigenvalue weighted by Gasteiger charge is -2.17. The summed E-state index contributed by atoms with van der Waals surface area (Å²) in [5, 5.41) is 0. The van der Waals surface area contributed by atoms with Gasteiger partial charge in [-0.3, -0.25) is 0 Å². The molecule has 99 valence electrons. The van der Waals surface area contributed by atoms with E-state index in [1.807, 2.05) is 12.1 Å². The van der Waals surface area contributed by atoms with Gasteiger partial charge in [0.1, 0.15) is 5.75 Å². The van der Waals surface area contributed by atoms with Crippen molar-refractivity contribution in [2.45, 2.75) is 18.9 Å². The maximum atomic E-state index is 5.63. The van der Waals surface area contributed by atoms with E-state index in [9.17, 15) is 0 Å². The van der Waals surface area contributed by atoms with Crippen LogP contribution < -0.4 is 10.5 Å². The largest absolute Gasteiger partial charge is 0.497 e. The van der Waals surface area contributed by atoms with E-state index >= 15 is 0 Å².